The number of carboxylic acid groups (broad SMARTS) is 1. The first-order valence-electron chi connectivity index (χ1n) is 6.30. The molecule has 1 N–H and O–H groups in total. The summed E-state index contributed by atoms with van der Waals surface area (Å²) in [6, 6.07) is 3.85. The summed E-state index contributed by atoms with van der Waals surface area (Å²) >= 11 is 5.86. The van der Waals surface area contributed by atoms with E-state index in [2.05, 4.69) is 0 Å². The molecule has 5 nitrogen and oxygen atoms in total. The molecule has 20 heavy (non-hydrogen) atoms. The van der Waals surface area contributed by atoms with Crippen LogP contribution in [0.5, 0.6) is 0 Å². The summed E-state index contributed by atoms with van der Waals surface area (Å²) in [5, 5.41) is 9.62. The number of carbonyl (C=O) groups is 1. The van der Waals surface area contributed by atoms with Crippen molar-refractivity contribution in [2.24, 2.45) is 0 Å². The summed E-state index contributed by atoms with van der Waals surface area (Å²) in [5.74, 6) is -0.931. The van der Waals surface area contributed by atoms with Crippen molar-refractivity contribution in [3.8, 4) is 0 Å². The molecule has 1 aliphatic rings. The lowest BCUT2D eigenvalue weighted by atomic mass is 10.0. The Morgan fingerprint density at radius 1 is 1.40 bits per heavy atom. The highest BCUT2D eigenvalue weighted by Gasteiger charge is 2.31. The van der Waals surface area contributed by atoms with Gasteiger partial charge in [0, 0.05) is 17.8 Å². The molecule has 0 aliphatic carbocycles. The van der Waals surface area contributed by atoms with Crippen molar-refractivity contribution in [2.45, 2.75) is 30.2 Å². The van der Waals surface area contributed by atoms with Crippen LogP contribution in [0.15, 0.2) is 23.1 Å². The van der Waals surface area contributed by atoms with Crippen molar-refractivity contribution in [1.82, 2.24) is 0 Å². The van der Waals surface area contributed by atoms with Crippen LogP contribution in [0, 0.1) is 0 Å². The Kier molecular flexibility index (Phi) is 4.25. The van der Waals surface area contributed by atoms with E-state index in [0.29, 0.717) is 23.7 Å². The first-order valence-corrected chi connectivity index (χ1v) is 8.56. The van der Waals surface area contributed by atoms with Crippen LogP contribution in [0.25, 0.3) is 0 Å². The molecule has 7 heteroatoms. The molecule has 0 radical (unpaired) electrons. The Balaban J connectivity index is 2.53. The lowest BCUT2D eigenvalue weighted by molar-refractivity contribution is -0.139. The second kappa shape index (κ2) is 5.61. The molecule has 1 aliphatic heterocycles. The Bertz CT molecular complexity index is 629. The molecule has 110 valence electrons. The molecule has 1 unspecified atom stereocenters. The van der Waals surface area contributed by atoms with Crippen LogP contribution in [0.4, 0.5) is 5.69 Å². The zero-order valence-corrected chi connectivity index (χ0v) is 12.6. The number of carboxylic acids is 1. The van der Waals surface area contributed by atoms with Gasteiger partial charge in [0.1, 0.15) is 6.04 Å². The summed E-state index contributed by atoms with van der Waals surface area (Å²) < 4.78 is 23.8. The molecule has 1 saturated heterocycles. The van der Waals surface area contributed by atoms with Gasteiger partial charge in [0.2, 0.25) is 0 Å². The quantitative estimate of drug-likeness (QED) is 0.925. The highest BCUT2D eigenvalue weighted by molar-refractivity contribution is 7.90. The van der Waals surface area contributed by atoms with Gasteiger partial charge in [0.25, 0.3) is 0 Å². The zero-order valence-electron chi connectivity index (χ0n) is 11.0. The van der Waals surface area contributed by atoms with E-state index in [1.54, 1.807) is 17.0 Å². The third-order valence-corrected chi connectivity index (χ3v) is 4.78. The Morgan fingerprint density at radius 3 is 2.70 bits per heavy atom. The van der Waals surface area contributed by atoms with Gasteiger partial charge in [0.15, 0.2) is 9.84 Å². The predicted molar refractivity (Wildman–Crippen MR) is 77.2 cm³/mol. The van der Waals surface area contributed by atoms with E-state index in [-0.39, 0.29) is 4.90 Å². The molecule has 1 heterocycles. The maximum absolute atomic E-state index is 11.9. The van der Waals surface area contributed by atoms with Crippen LogP contribution in [-0.4, -0.2) is 38.3 Å². The second-order valence-corrected chi connectivity index (χ2v) is 7.35. The molecule has 0 spiro atoms. The number of hydrogen-bond acceptors (Lipinski definition) is 4. The van der Waals surface area contributed by atoms with E-state index in [0.717, 1.165) is 19.1 Å². The van der Waals surface area contributed by atoms with Crippen LogP contribution in [-0.2, 0) is 14.6 Å². The van der Waals surface area contributed by atoms with Crippen molar-refractivity contribution in [2.75, 3.05) is 17.7 Å². The number of hydrogen-bond donors (Lipinski definition) is 1. The number of halogens is 1. The van der Waals surface area contributed by atoms with E-state index >= 15 is 0 Å². The number of aliphatic carboxylic acids is 1. The lowest BCUT2D eigenvalue weighted by Crippen LogP contribution is -2.45. The van der Waals surface area contributed by atoms with E-state index in [1.807, 2.05) is 0 Å². The maximum atomic E-state index is 11.9. The summed E-state index contributed by atoms with van der Waals surface area (Å²) in [4.78, 5) is 13.1. The van der Waals surface area contributed by atoms with E-state index in [9.17, 15) is 18.3 Å². The third kappa shape index (κ3) is 3.07. The Hall–Kier alpha value is -1.27. The number of nitrogens with zero attached hydrogens (tertiary/aromatic N) is 1. The van der Waals surface area contributed by atoms with Gasteiger partial charge in [-0.2, -0.15) is 0 Å². The largest absolute Gasteiger partial charge is 0.480 e. The molecule has 1 fully saturated rings. The van der Waals surface area contributed by atoms with Crippen molar-refractivity contribution >= 4 is 33.1 Å². The van der Waals surface area contributed by atoms with E-state index in [1.165, 1.54) is 6.07 Å². The summed E-state index contributed by atoms with van der Waals surface area (Å²) in [6.45, 7) is 0.529. The van der Waals surface area contributed by atoms with Gasteiger partial charge in [-0.3, -0.25) is 0 Å². The molecule has 1 aromatic carbocycles. The fourth-order valence-electron chi connectivity index (χ4n) is 2.50. The fourth-order valence-corrected chi connectivity index (χ4v) is 3.64. The molecule has 0 aromatic heterocycles. The molecule has 0 bridgehead atoms. The molecule has 0 amide bonds. The SMILES string of the molecule is CS(=O)(=O)c1cc(Cl)ccc1N1CCCCC1C(=O)O. The minimum absolute atomic E-state index is 0.0816. The lowest BCUT2D eigenvalue weighted by Gasteiger charge is -2.35. The summed E-state index contributed by atoms with van der Waals surface area (Å²) in [6.07, 6.45) is 3.29. The van der Waals surface area contributed by atoms with Crippen molar-refractivity contribution in [1.29, 1.82) is 0 Å². The van der Waals surface area contributed by atoms with Crippen LogP contribution in [0.1, 0.15) is 19.3 Å². The van der Waals surface area contributed by atoms with Gasteiger partial charge in [-0.1, -0.05) is 11.6 Å². The van der Waals surface area contributed by atoms with Gasteiger partial charge in [-0.05, 0) is 37.5 Å². The number of benzene rings is 1. The molecule has 2 rings (SSSR count). The summed E-state index contributed by atoms with van der Waals surface area (Å²) in [5.41, 5.74) is 0.420. The third-order valence-electron chi connectivity index (χ3n) is 3.42. The van der Waals surface area contributed by atoms with Crippen LogP contribution in [0.2, 0.25) is 5.02 Å². The Labute approximate surface area is 123 Å². The van der Waals surface area contributed by atoms with Gasteiger partial charge >= 0.3 is 5.97 Å². The summed E-state index contributed by atoms with van der Waals surface area (Å²) in [7, 11) is -3.47. The maximum Gasteiger partial charge on any atom is 0.326 e. The number of anilines is 1. The van der Waals surface area contributed by atoms with E-state index < -0.39 is 21.8 Å². The number of piperidine rings is 1. The molecular formula is C13H16ClNO4S. The van der Waals surface area contributed by atoms with Crippen molar-refractivity contribution in [3.05, 3.63) is 23.2 Å². The predicted octanol–water partition coefficient (Wildman–Crippen LogP) is 2.19. The van der Waals surface area contributed by atoms with Gasteiger partial charge in [-0.25, -0.2) is 13.2 Å². The van der Waals surface area contributed by atoms with E-state index in [4.69, 9.17) is 11.6 Å². The first kappa shape index (κ1) is 15.1. The fraction of sp³-hybridized carbons (Fsp3) is 0.462. The average molecular weight is 318 g/mol. The minimum atomic E-state index is -3.47. The molecule has 1 aromatic rings. The normalized spacial score (nSPS) is 19.9. The monoisotopic (exact) mass is 317 g/mol. The first-order chi connectivity index (χ1) is 9.30. The van der Waals surface area contributed by atoms with Crippen LogP contribution < -0.4 is 4.90 Å². The van der Waals surface area contributed by atoms with Gasteiger partial charge < -0.3 is 10.0 Å². The average Bonchev–Trinajstić information content (AvgIpc) is 2.37. The standard InChI is InChI=1S/C13H16ClNO4S/c1-20(18,19)12-8-9(14)5-6-10(12)15-7-3-2-4-11(15)13(16)17/h5-6,8,11H,2-4,7H2,1H3,(H,16,17). The number of rotatable bonds is 3. The molecule has 1 atom stereocenters. The van der Waals surface area contributed by atoms with Gasteiger partial charge in [0.05, 0.1) is 10.6 Å². The van der Waals surface area contributed by atoms with Crippen LogP contribution in [0.3, 0.4) is 0 Å². The van der Waals surface area contributed by atoms with Gasteiger partial charge in [-0.15, -0.1) is 0 Å². The minimum Gasteiger partial charge on any atom is -0.480 e. The smallest absolute Gasteiger partial charge is 0.326 e. The topological polar surface area (TPSA) is 74.7 Å². The Morgan fingerprint density at radius 2 is 2.10 bits per heavy atom. The highest BCUT2D eigenvalue weighted by atomic mass is 35.5. The highest BCUT2D eigenvalue weighted by Crippen LogP contribution is 2.32. The molecular weight excluding hydrogens is 302 g/mol. The number of sulfone groups is 1. The second-order valence-electron chi connectivity index (χ2n) is 4.93. The van der Waals surface area contributed by atoms with Crippen molar-refractivity contribution in [3.63, 3.8) is 0 Å². The van der Waals surface area contributed by atoms with Crippen molar-refractivity contribution < 1.29 is 18.3 Å². The molecule has 0 saturated carbocycles. The zero-order chi connectivity index (χ0) is 14.9. The van der Waals surface area contributed by atoms with Crippen LogP contribution >= 0.6 is 11.6 Å².